The highest BCUT2D eigenvalue weighted by molar-refractivity contribution is 5.96. The van der Waals surface area contributed by atoms with Crippen LogP contribution in [0.3, 0.4) is 0 Å². The van der Waals surface area contributed by atoms with Crippen LogP contribution in [0.25, 0.3) is 0 Å². The lowest BCUT2D eigenvalue weighted by Crippen LogP contribution is -2.52. The van der Waals surface area contributed by atoms with Gasteiger partial charge in [-0.3, -0.25) is 9.69 Å². The summed E-state index contributed by atoms with van der Waals surface area (Å²) in [6.07, 6.45) is 2.24. The van der Waals surface area contributed by atoms with Gasteiger partial charge in [-0.05, 0) is 44.7 Å². The first kappa shape index (κ1) is 14.5. The van der Waals surface area contributed by atoms with Crippen molar-refractivity contribution < 1.29 is 9.90 Å². The number of hydrogen-bond acceptors (Lipinski definition) is 3. The standard InChI is InChI=1S/C17H24N2O2/c1-12-9-15(20)10-13(2)19(12)11-17(21)18-8-7-14-5-3-4-6-16(14)18/h3-6,12-13,15,20H,7-11H2,1-2H3/t12-,13-/m0/s1. The summed E-state index contributed by atoms with van der Waals surface area (Å²) >= 11 is 0. The number of aliphatic hydroxyl groups is 1. The van der Waals surface area contributed by atoms with E-state index in [0.717, 1.165) is 31.5 Å². The first-order valence-corrected chi connectivity index (χ1v) is 7.88. The molecule has 1 aromatic carbocycles. The third-order valence-corrected chi connectivity index (χ3v) is 4.86. The largest absolute Gasteiger partial charge is 0.393 e. The van der Waals surface area contributed by atoms with Gasteiger partial charge < -0.3 is 10.0 Å². The van der Waals surface area contributed by atoms with Crippen LogP contribution in [0.2, 0.25) is 0 Å². The molecule has 114 valence electrons. The number of amides is 1. The third kappa shape index (κ3) is 2.83. The number of aliphatic hydroxyl groups excluding tert-OH is 1. The molecule has 2 atom stereocenters. The number of anilines is 1. The molecule has 1 amide bonds. The van der Waals surface area contributed by atoms with E-state index in [2.05, 4.69) is 24.8 Å². The number of piperidine rings is 1. The first-order chi connectivity index (χ1) is 10.1. The van der Waals surface area contributed by atoms with E-state index < -0.39 is 0 Å². The number of likely N-dealkylation sites (tertiary alicyclic amines) is 1. The van der Waals surface area contributed by atoms with Crippen molar-refractivity contribution in [2.45, 2.75) is 51.3 Å². The Hall–Kier alpha value is -1.39. The van der Waals surface area contributed by atoms with Gasteiger partial charge in [0.2, 0.25) is 5.91 Å². The number of benzene rings is 1. The number of carbonyl (C=O) groups is 1. The number of carbonyl (C=O) groups excluding carboxylic acids is 1. The van der Waals surface area contributed by atoms with Gasteiger partial charge in [0.25, 0.3) is 0 Å². The van der Waals surface area contributed by atoms with E-state index in [-0.39, 0.29) is 24.1 Å². The molecule has 0 radical (unpaired) electrons. The van der Waals surface area contributed by atoms with Crippen LogP contribution in [0.15, 0.2) is 24.3 Å². The summed E-state index contributed by atoms with van der Waals surface area (Å²) in [5, 5.41) is 9.82. The third-order valence-electron chi connectivity index (χ3n) is 4.86. The Morgan fingerprint density at radius 1 is 1.24 bits per heavy atom. The summed E-state index contributed by atoms with van der Waals surface area (Å²) in [4.78, 5) is 16.8. The monoisotopic (exact) mass is 288 g/mol. The molecule has 2 aliphatic rings. The SMILES string of the molecule is C[C@H]1CC(O)C[C@H](C)N1CC(=O)N1CCc2ccccc21. The Morgan fingerprint density at radius 3 is 2.62 bits per heavy atom. The van der Waals surface area contributed by atoms with E-state index in [1.165, 1.54) is 5.56 Å². The summed E-state index contributed by atoms with van der Waals surface area (Å²) in [5.74, 6) is 0.176. The molecule has 2 heterocycles. The molecule has 1 fully saturated rings. The lowest BCUT2D eigenvalue weighted by molar-refractivity contribution is -0.122. The average molecular weight is 288 g/mol. The van der Waals surface area contributed by atoms with Crippen molar-refractivity contribution in [3.8, 4) is 0 Å². The number of fused-ring (bicyclic) bond motifs is 1. The number of hydrogen-bond donors (Lipinski definition) is 1. The Kier molecular flexibility index (Phi) is 4.00. The van der Waals surface area contributed by atoms with Crippen molar-refractivity contribution in [1.29, 1.82) is 0 Å². The van der Waals surface area contributed by atoms with Crippen LogP contribution in [-0.2, 0) is 11.2 Å². The average Bonchev–Trinajstić information content (AvgIpc) is 2.86. The molecule has 21 heavy (non-hydrogen) atoms. The Bertz CT molecular complexity index is 519. The maximum atomic E-state index is 12.7. The summed E-state index contributed by atoms with van der Waals surface area (Å²) in [6.45, 7) is 5.44. The molecule has 0 saturated carbocycles. The van der Waals surface area contributed by atoms with Gasteiger partial charge in [0.1, 0.15) is 0 Å². The molecule has 0 spiro atoms. The zero-order valence-electron chi connectivity index (χ0n) is 12.8. The second-order valence-electron chi connectivity index (χ2n) is 6.42. The maximum Gasteiger partial charge on any atom is 0.241 e. The summed E-state index contributed by atoms with van der Waals surface area (Å²) in [6, 6.07) is 8.67. The van der Waals surface area contributed by atoms with Crippen LogP contribution >= 0.6 is 0 Å². The van der Waals surface area contributed by atoms with E-state index in [1.54, 1.807) is 0 Å². The normalized spacial score (nSPS) is 29.5. The van der Waals surface area contributed by atoms with Crippen LogP contribution in [0.5, 0.6) is 0 Å². The van der Waals surface area contributed by atoms with Gasteiger partial charge >= 0.3 is 0 Å². The van der Waals surface area contributed by atoms with E-state index >= 15 is 0 Å². The van der Waals surface area contributed by atoms with Gasteiger partial charge in [-0.2, -0.15) is 0 Å². The van der Waals surface area contributed by atoms with Crippen LogP contribution in [0.4, 0.5) is 5.69 Å². The van der Waals surface area contributed by atoms with Crippen LogP contribution in [0, 0.1) is 0 Å². The molecule has 0 aliphatic carbocycles. The fourth-order valence-corrected chi connectivity index (χ4v) is 3.74. The molecule has 0 bridgehead atoms. The highest BCUT2D eigenvalue weighted by atomic mass is 16.3. The number of nitrogens with zero attached hydrogens (tertiary/aromatic N) is 2. The summed E-state index contributed by atoms with van der Waals surface area (Å²) in [5.41, 5.74) is 2.33. The predicted octanol–water partition coefficient (Wildman–Crippen LogP) is 1.81. The quantitative estimate of drug-likeness (QED) is 0.902. The molecule has 1 aromatic rings. The molecule has 0 aromatic heterocycles. The van der Waals surface area contributed by atoms with Gasteiger partial charge in [0, 0.05) is 24.3 Å². The fourth-order valence-electron chi connectivity index (χ4n) is 3.74. The molecule has 1 N–H and O–H groups in total. The zero-order chi connectivity index (χ0) is 15.0. The van der Waals surface area contributed by atoms with Crippen molar-refractivity contribution >= 4 is 11.6 Å². The smallest absolute Gasteiger partial charge is 0.241 e. The number of rotatable bonds is 2. The molecule has 4 nitrogen and oxygen atoms in total. The van der Waals surface area contributed by atoms with Crippen molar-refractivity contribution in [3.63, 3.8) is 0 Å². The Balaban J connectivity index is 1.70. The highest BCUT2D eigenvalue weighted by Gasteiger charge is 2.33. The maximum absolute atomic E-state index is 12.7. The Labute approximate surface area is 126 Å². The minimum atomic E-state index is -0.228. The molecule has 2 aliphatic heterocycles. The van der Waals surface area contributed by atoms with Gasteiger partial charge in [-0.1, -0.05) is 18.2 Å². The molecule has 4 heteroatoms. The molecular weight excluding hydrogens is 264 g/mol. The van der Waals surface area contributed by atoms with Crippen LogP contribution in [0.1, 0.15) is 32.3 Å². The molecular formula is C17H24N2O2. The van der Waals surface area contributed by atoms with Gasteiger partial charge in [0.15, 0.2) is 0 Å². The summed E-state index contributed by atoms with van der Waals surface area (Å²) in [7, 11) is 0. The van der Waals surface area contributed by atoms with Gasteiger partial charge in [-0.15, -0.1) is 0 Å². The van der Waals surface area contributed by atoms with Gasteiger partial charge in [0.05, 0.1) is 12.6 Å². The van der Waals surface area contributed by atoms with Gasteiger partial charge in [-0.25, -0.2) is 0 Å². The van der Waals surface area contributed by atoms with E-state index in [1.807, 2.05) is 23.1 Å². The number of para-hydroxylation sites is 1. The highest BCUT2D eigenvalue weighted by Crippen LogP contribution is 2.29. The van der Waals surface area contributed by atoms with Crippen LogP contribution < -0.4 is 4.90 Å². The molecule has 3 rings (SSSR count). The van der Waals surface area contributed by atoms with Crippen molar-refractivity contribution in [3.05, 3.63) is 29.8 Å². The van der Waals surface area contributed by atoms with E-state index in [4.69, 9.17) is 0 Å². The fraction of sp³-hybridized carbons (Fsp3) is 0.588. The van der Waals surface area contributed by atoms with Crippen molar-refractivity contribution in [2.24, 2.45) is 0 Å². The summed E-state index contributed by atoms with van der Waals surface area (Å²) < 4.78 is 0. The Morgan fingerprint density at radius 2 is 1.90 bits per heavy atom. The second kappa shape index (κ2) is 5.78. The second-order valence-corrected chi connectivity index (χ2v) is 6.42. The lowest BCUT2D eigenvalue weighted by Gasteiger charge is -2.41. The molecule has 1 saturated heterocycles. The van der Waals surface area contributed by atoms with Crippen molar-refractivity contribution in [2.75, 3.05) is 18.0 Å². The molecule has 0 unspecified atom stereocenters. The lowest BCUT2D eigenvalue weighted by atomic mass is 9.95. The van der Waals surface area contributed by atoms with Crippen LogP contribution in [-0.4, -0.2) is 47.2 Å². The van der Waals surface area contributed by atoms with E-state index in [0.29, 0.717) is 6.54 Å². The zero-order valence-corrected chi connectivity index (χ0v) is 12.8. The van der Waals surface area contributed by atoms with E-state index in [9.17, 15) is 9.90 Å². The van der Waals surface area contributed by atoms with Crippen molar-refractivity contribution in [1.82, 2.24) is 4.90 Å². The topological polar surface area (TPSA) is 43.8 Å². The minimum absolute atomic E-state index is 0.176. The first-order valence-electron chi connectivity index (χ1n) is 7.88. The predicted molar refractivity (Wildman–Crippen MR) is 83.4 cm³/mol. The minimum Gasteiger partial charge on any atom is -0.393 e.